The number of halogens is 1. The third-order valence-corrected chi connectivity index (χ3v) is 4.73. The van der Waals surface area contributed by atoms with Crippen molar-refractivity contribution in [2.45, 2.75) is 13.5 Å². The molecule has 0 spiro atoms. The van der Waals surface area contributed by atoms with Gasteiger partial charge in [0.25, 0.3) is 5.91 Å². The standard InChI is InChI=1S/C25H21ClN2O3/c1-17-3-10-22(11-4-17)28-25(29)20(15-27)13-19-7-12-23(30-2)24(14-19)31-16-18-5-8-21(26)9-6-18/h3-14H,16H2,1-2H3,(H,28,29)/b20-13+. The maximum Gasteiger partial charge on any atom is 0.266 e. The number of nitrogens with zero attached hydrogens (tertiary/aromatic N) is 1. The molecule has 0 saturated carbocycles. The number of rotatable bonds is 7. The number of nitriles is 1. The molecule has 5 nitrogen and oxygen atoms in total. The van der Waals surface area contributed by atoms with Crippen molar-refractivity contribution >= 4 is 29.3 Å². The number of aryl methyl sites for hydroxylation is 1. The van der Waals surface area contributed by atoms with Crippen molar-refractivity contribution in [3.05, 3.63) is 94.0 Å². The van der Waals surface area contributed by atoms with Crippen molar-refractivity contribution in [1.29, 1.82) is 5.26 Å². The second-order valence-corrected chi connectivity index (χ2v) is 7.25. The van der Waals surface area contributed by atoms with Gasteiger partial charge in [0.2, 0.25) is 0 Å². The molecule has 1 amide bonds. The Labute approximate surface area is 186 Å². The summed E-state index contributed by atoms with van der Waals surface area (Å²) < 4.78 is 11.3. The van der Waals surface area contributed by atoms with Crippen LogP contribution in [0.3, 0.4) is 0 Å². The normalized spacial score (nSPS) is 10.8. The largest absolute Gasteiger partial charge is 0.493 e. The summed E-state index contributed by atoms with van der Waals surface area (Å²) in [5.41, 5.74) is 3.27. The highest BCUT2D eigenvalue weighted by Gasteiger charge is 2.11. The van der Waals surface area contributed by atoms with E-state index in [1.54, 1.807) is 49.6 Å². The number of amides is 1. The number of hydrogen-bond acceptors (Lipinski definition) is 4. The number of methoxy groups -OCH3 is 1. The molecule has 0 aliphatic rings. The van der Waals surface area contributed by atoms with E-state index in [0.717, 1.165) is 11.1 Å². The Morgan fingerprint density at radius 1 is 1.06 bits per heavy atom. The first-order valence-corrected chi connectivity index (χ1v) is 9.91. The van der Waals surface area contributed by atoms with E-state index in [1.165, 1.54) is 6.08 Å². The molecule has 0 aliphatic heterocycles. The van der Waals surface area contributed by atoms with Crippen LogP contribution in [-0.2, 0) is 11.4 Å². The topological polar surface area (TPSA) is 71.3 Å². The summed E-state index contributed by atoms with van der Waals surface area (Å²) in [4.78, 5) is 12.5. The van der Waals surface area contributed by atoms with E-state index >= 15 is 0 Å². The number of carbonyl (C=O) groups excluding carboxylic acids is 1. The molecule has 0 heterocycles. The number of anilines is 1. The highest BCUT2D eigenvalue weighted by molar-refractivity contribution is 6.30. The van der Waals surface area contributed by atoms with Crippen LogP contribution in [0.15, 0.2) is 72.3 Å². The summed E-state index contributed by atoms with van der Waals surface area (Å²) in [7, 11) is 1.55. The van der Waals surface area contributed by atoms with Crippen LogP contribution in [0, 0.1) is 18.3 Å². The van der Waals surface area contributed by atoms with E-state index < -0.39 is 5.91 Å². The SMILES string of the molecule is COc1ccc(/C=C(\C#N)C(=O)Nc2ccc(C)cc2)cc1OCc1ccc(Cl)cc1. The van der Waals surface area contributed by atoms with Crippen LogP contribution in [-0.4, -0.2) is 13.0 Å². The second-order valence-electron chi connectivity index (χ2n) is 6.82. The van der Waals surface area contributed by atoms with Crippen LogP contribution < -0.4 is 14.8 Å². The smallest absolute Gasteiger partial charge is 0.266 e. The van der Waals surface area contributed by atoms with Crippen molar-refractivity contribution in [3.8, 4) is 17.6 Å². The maximum atomic E-state index is 12.5. The Kier molecular flexibility index (Phi) is 7.31. The molecule has 0 aromatic heterocycles. The number of hydrogen-bond donors (Lipinski definition) is 1. The third-order valence-electron chi connectivity index (χ3n) is 4.48. The van der Waals surface area contributed by atoms with Crippen molar-refractivity contribution in [3.63, 3.8) is 0 Å². The molecule has 31 heavy (non-hydrogen) atoms. The lowest BCUT2D eigenvalue weighted by molar-refractivity contribution is -0.112. The predicted octanol–water partition coefficient (Wildman–Crippen LogP) is 5.78. The summed E-state index contributed by atoms with van der Waals surface area (Å²) in [6.07, 6.45) is 1.51. The van der Waals surface area contributed by atoms with Gasteiger partial charge in [0.1, 0.15) is 18.2 Å². The number of ether oxygens (including phenoxy) is 2. The minimum absolute atomic E-state index is 0.0191. The van der Waals surface area contributed by atoms with Gasteiger partial charge < -0.3 is 14.8 Å². The molecule has 156 valence electrons. The third kappa shape index (κ3) is 6.11. The lowest BCUT2D eigenvalue weighted by Gasteiger charge is -2.12. The van der Waals surface area contributed by atoms with Crippen molar-refractivity contribution < 1.29 is 14.3 Å². The minimum Gasteiger partial charge on any atom is -0.493 e. The predicted molar refractivity (Wildman–Crippen MR) is 122 cm³/mol. The molecule has 3 rings (SSSR count). The van der Waals surface area contributed by atoms with Gasteiger partial charge in [-0.25, -0.2) is 0 Å². The van der Waals surface area contributed by atoms with Gasteiger partial charge in [0.05, 0.1) is 7.11 Å². The zero-order chi connectivity index (χ0) is 22.2. The van der Waals surface area contributed by atoms with E-state index in [4.69, 9.17) is 21.1 Å². The fraction of sp³-hybridized carbons (Fsp3) is 0.120. The summed E-state index contributed by atoms with van der Waals surface area (Å²) in [5.74, 6) is 0.571. The molecule has 0 atom stereocenters. The quantitative estimate of drug-likeness (QED) is 0.379. The van der Waals surface area contributed by atoms with E-state index in [9.17, 15) is 10.1 Å². The number of carbonyl (C=O) groups is 1. The van der Waals surface area contributed by atoms with Gasteiger partial charge in [-0.1, -0.05) is 47.5 Å². The first-order valence-electron chi connectivity index (χ1n) is 9.53. The summed E-state index contributed by atoms with van der Waals surface area (Å²) in [6.45, 7) is 2.28. The van der Waals surface area contributed by atoms with Crippen LogP contribution in [0.4, 0.5) is 5.69 Å². The maximum absolute atomic E-state index is 12.5. The van der Waals surface area contributed by atoms with Gasteiger partial charge in [-0.3, -0.25) is 4.79 Å². The molecule has 0 saturated heterocycles. The molecular formula is C25H21ClN2O3. The molecule has 0 radical (unpaired) electrons. The Hall–Kier alpha value is -3.75. The molecule has 0 fully saturated rings. The van der Waals surface area contributed by atoms with Crippen molar-refractivity contribution in [2.24, 2.45) is 0 Å². The number of benzene rings is 3. The molecule has 0 unspecified atom stereocenters. The van der Waals surface area contributed by atoms with Crippen molar-refractivity contribution in [1.82, 2.24) is 0 Å². The first-order chi connectivity index (χ1) is 15.0. The second kappa shape index (κ2) is 10.3. The zero-order valence-corrected chi connectivity index (χ0v) is 17.9. The Bertz CT molecular complexity index is 1130. The molecule has 3 aromatic rings. The van der Waals surface area contributed by atoms with Gasteiger partial charge in [-0.15, -0.1) is 0 Å². The molecule has 0 bridgehead atoms. The summed E-state index contributed by atoms with van der Waals surface area (Å²) >= 11 is 5.92. The van der Waals surface area contributed by atoms with Gasteiger partial charge in [-0.05, 0) is 60.5 Å². The van der Waals surface area contributed by atoms with Gasteiger partial charge in [-0.2, -0.15) is 5.26 Å². The summed E-state index contributed by atoms with van der Waals surface area (Å²) in [6, 6.07) is 21.9. The summed E-state index contributed by atoms with van der Waals surface area (Å²) in [5, 5.41) is 12.9. The highest BCUT2D eigenvalue weighted by atomic mass is 35.5. The van der Waals surface area contributed by atoms with E-state index in [2.05, 4.69) is 5.32 Å². The minimum atomic E-state index is -0.481. The average Bonchev–Trinajstić information content (AvgIpc) is 2.78. The fourth-order valence-corrected chi connectivity index (χ4v) is 2.91. The van der Waals surface area contributed by atoms with Crippen LogP contribution >= 0.6 is 11.6 Å². The first kappa shape index (κ1) is 21.9. The van der Waals surface area contributed by atoms with Gasteiger partial charge in [0, 0.05) is 10.7 Å². The van der Waals surface area contributed by atoms with Crippen LogP contribution in [0.25, 0.3) is 6.08 Å². The Morgan fingerprint density at radius 2 is 1.77 bits per heavy atom. The van der Waals surface area contributed by atoms with Gasteiger partial charge in [0.15, 0.2) is 11.5 Å². The average molecular weight is 433 g/mol. The van der Waals surface area contributed by atoms with E-state index in [0.29, 0.717) is 34.4 Å². The lowest BCUT2D eigenvalue weighted by atomic mass is 10.1. The van der Waals surface area contributed by atoms with Crippen LogP contribution in [0.1, 0.15) is 16.7 Å². The zero-order valence-electron chi connectivity index (χ0n) is 17.2. The number of nitrogens with one attached hydrogen (secondary N) is 1. The van der Waals surface area contributed by atoms with Crippen molar-refractivity contribution in [2.75, 3.05) is 12.4 Å². The monoisotopic (exact) mass is 432 g/mol. The van der Waals surface area contributed by atoms with Crippen LogP contribution in [0.5, 0.6) is 11.5 Å². The molecular weight excluding hydrogens is 412 g/mol. The fourth-order valence-electron chi connectivity index (χ4n) is 2.79. The highest BCUT2D eigenvalue weighted by Crippen LogP contribution is 2.30. The van der Waals surface area contributed by atoms with Gasteiger partial charge >= 0.3 is 0 Å². The van der Waals surface area contributed by atoms with E-state index in [-0.39, 0.29) is 5.57 Å². The molecule has 1 N–H and O–H groups in total. The Morgan fingerprint density at radius 3 is 2.42 bits per heavy atom. The lowest BCUT2D eigenvalue weighted by Crippen LogP contribution is -2.13. The molecule has 0 aliphatic carbocycles. The Balaban J connectivity index is 1.78. The molecule has 3 aromatic carbocycles. The van der Waals surface area contributed by atoms with E-state index in [1.807, 2.05) is 37.3 Å². The van der Waals surface area contributed by atoms with Crippen LogP contribution in [0.2, 0.25) is 5.02 Å². The molecule has 6 heteroatoms.